The Hall–Kier alpha value is -3.09. The van der Waals surface area contributed by atoms with Gasteiger partial charge in [-0.25, -0.2) is 0 Å². The number of carbonyl (C=O) groups excluding carboxylic acids is 1. The van der Waals surface area contributed by atoms with Crippen molar-refractivity contribution in [2.75, 3.05) is 18.4 Å². The first-order valence-corrected chi connectivity index (χ1v) is 6.63. The molecule has 0 bridgehead atoms. The van der Waals surface area contributed by atoms with E-state index in [2.05, 4.69) is 10.6 Å². The van der Waals surface area contributed by atoms with Gasteiger partial charge in [0.1, 0.15) is 11.4 Å². The molecule has 2 rings (SSSR count). The van der Waals surface area contributed by atoms with E-state index in [9.17, 15) is 14.9 Å². The van der Waals surface area contributed by atoms with Gasteiger partial charge in [-0.15, -0.1) is 0 Å². The summed E-state index contributed by atoms with van der Waals surface area (Å²) in [7, 11) is 0. The minimum atomic E-state index is -0.451. The van der Waals surface area contributed by atoms with Crippen LogP contribution in [0.4, 0.5) is 11.4 Å². The number of benzene rings is 1. The summed E-state index contributed by atoms with van der Waals surface area (Å²) in [5.74, 6) is 0.328. The number of hydrogen-bond donors (Lipinski definition) is 2. The molecule has 0 unspecified atom stereocenters. The van der Waals surface area contributed by atoms with Crippen LogP contribution in [0.15, 0.2) is 53.2 Å². The van der Waals surface area contributed by atoms with E-state index < -0.39 is 4.92 Å². The standard InChI is InChI=1S/C15H15N3O4/c19-15(8-7-12-4-3-11-22-12)17-10-9-16-13-5-1-2-6-14(13)18(20)21/h1-8,11,16H,9-10H2,(H,17,19)/b8-7+. The lowest BCUT2D eigenvalue weighted by atomic mass is 10.2. The van der Waals surface area contributed by atoms with Gasteiger partial charge in [0.05, 0.1) is 11.2 Å². The van der Waals surface area contributed by atoms with Crippen molar-refractivity contribution in [1.82, 2.24) is 5.32 Å². The zero-order valence-corrected chi connectivity index (χ0v) is 11.7. The molecule has 7 nitrogen and oxygen atoms in total. The molecule has 0 spiro atoms. The van der Waals surface area contributed by atoms with Gasteiger partial charge in [0, 0.05) is 25.2 Å². The number of anilines is 1. The number of rotatable bonds is 7. The summed E-state index contributed by atoms with van der Waals surface area (Å²) in [4.78, 5) is 21.9. The summed E-state index contributed by atoms with van der Waals surface area (Å²) in [6.07, 6.45) is 4.45. The average molecular weight is 301 g/mol. The third-order valence-corrected chi connectivity index (χ3v) is 2.78. The van der Waals surface area contributed by atoms with Crippen molar-refractivity contribution in [3.8, 4) is 0 Å². The highest BCUT2D eigenvalue weighted by molar-refractivity contribution is 5.91. The minimum Gasteiger partial charge on any atom is -0.465 e. The topological polar surface area (TPSA) is 97.4 Å². The highest BCUT2D eigenvalue weighted by atomic mass is 16.6. The predicted octanol–water partition coefficient (Wildman–Crippen LogP) is 2.43. The normalized spacial score (nSPS) is 10.5. The van der Waals surface area contributed by atoms with E-state index >= 15 is 0 Å². The summed E-state index contributed by atoms with van der Waals surface area (Å²) in [5, 5.41) is 16.4. The monoisotopic (exact) mass is 301 g/mol. The lowest BCUT2D eigenvalue weighted by molar-refractivity contribution is -0.384. The summed E-state index contributed by atoms with van der Waals surface area (Å²) < 4.78 is 5.06. The van der Waals surface area contributed by atoms with Crippen LogP contribution >= 0.6 is 0 Å². The smallest absolute Gasteiger partial charge is 0.292 e. The van der Waals surface area contributed by atoms with Crippen molar-refractivity contribution >= 4 is 23.4 Å². The lowest BCUT2D eigenvalue weighted by Gasteiger charge is -2.07. The first-order chi connectivity index (χ1) is 10.7. The molecule has 0 saturated carbocycles. The fraction of sp³-hybridized carbons (Fsp3) is 0.133. The number of carbonyl (C=O) groups is 1. The van der Waals surface area contributed by atoms with E-state index in [0.717, 1.165) is 0 Å². The number of nitro groups is 1. The molecule has 0 aliphatic carbocycles. The average Bonchev–Trinajstić information content (AvgIpc) is 3.03. The fourth-order valence-electron chi connectivity index (χ4n) is 1.77. The zero-order chi connectivity index (χ0) is 15.8. The fourth-order valence-corrected chi connectivity index (χ4v) is 1.77. The number of amides is 1. The van der Waals surface area contributed by atoms with Crippen molar-refractivity contribution in [1.29, 1.82) is 0 Å². The summed E-state index contributed by atoms with van der Waals surface area (Å²) in [6.45, 7) is 0.721. The highest BCUT2D eigenvalue weighted by Gasteiger charge is 2.11. The van der Waals surface area contributed by atoms with Crippen LogP contribution in [0.5, 0.6) is 0 Å². The number of nitrogens with zero attached hydrogens (tertiary/aromatic N) is 1. The molecule has 0 aliphatic heterocycles. The molecule has 0 atom stereocenters. The molecule has 7 heteroatoms. The zero-order valence-electron chi connectivity index (χ0n) is 11.7. The maximum Gasteiger partial charge on any atom is 0.292 e. The lowest BCUT2D eigenvalue weighted by Crippen LogP contribution is -2.27. The first-order valence-electron chi connectivity index (χ1n) is 6.63. The highest BCUT2D eigenvalue weighted by Crippen LogP contribution is 2.22. The van der Waals surface area contributed by atoms with Gasteiger partial charge in [0.15, 0.2) is 0 Å². The van der Waals surface area contributed by atoms with E-state index in [1.54, 1.807) is 36.4 Å². The summed E-state index contributed by atoms with van der Waals surface area (Å²) in [6, 6.07) is 9.82. The van der Waals surface area contributed by atoms with Crippen molar-refractivity contribution < 1.29 is 14.1 Å². The van der Waals surface area contributed by atoms with E-state index in [1.165, 1.54) is 18.4 Å². The van der Waals surface area contributed by atoms with Gasteiger partial charge in [-0.2, -0.15) is 0 Å². The second-order valence-corrected chi connectivity index (χ2v) is 4.34. The van der Waals surface area contributed by atoms with Gasteiger partial charge >= 0.3 is 0 Å². The van der Waals surface area contributed by atoms with Crippen LogP contribution in [-0.4, -0.2) is 23.9 Å². The van der Waals surface area contributed by atoms with Crippen LogP contribution in [0, 0.1) is 10.1 Å². The molecule has 114 valence electrons. The Labute approximate surface area is 126 Å². The maximum absolute atomic E-state index is 11.5. The second kappa shape index (κ2) is 7.63. The van der Waals surface area contributed by atoms with Crippen LogP contribution in [0.25, 0.3) is 6.08 Å². The Balaban J connectivity index is 1.75. The maximum atomic E-state index is 11.5. The molecule has 2 N–H and O–H groups in total. The number of para-hydroxylation sites is 2. The van der Waals surface area contributed by atoms with Gasteiger partial charge in [0.2, 0.25) is 5.91 Å². The Morgan fingerprint density at radius 3 is 2.77 bits per heavy atom. The van der Waals surface area contributed by atoms with E-state index in [1.807, 2.05) is 0 Å². The summed E-state index contributed by atoms with van der Waals surface area (Å²) in [5.41, 5.74) is 0.430. The molecule has 0 fully saturated rings. The molecule has 1 heterocycles. The predicted molar refractivity (Wildman–Crippen MR) is 82.3 cm³/mol. The molecule has 1 aromatic heterocycles. The molecule has 2 aromatic rings. The van der Waals surface area contributed by atoms with Gasteiger partial charge in [0.25, 0.3) is 5.69 Å². The van der Waals surface area contributed by atoms with E-state index in [0.29, 0.717) is 24.5 Å². The van der Waals surface area contributed by atoms with Crippen LogP contribution < -0.4 is 10.6 Å². The minimum absolute atomic E-state index is 0.00606. The molecule has 0 saturated heterocycles. The first kappa shape index (κ1) is 15.3. The number of nitrogens with one attached hydrogen (secondary N) is 2. The van der Waals surface area contributed by atoms with Gasteiger partial charge in [-0.3, -0.25) is 14.9 Å². The van der Waals surface area contributed by atoms with Crippen molar-refractivity contribution in [2.45, 2.75) is 0 Å². The van der Waals surface area contributed by atoms with Crippen LogP contribution in [0.3, 0.4) is 0 Å². The molecular formula is C15H15N3O4. The molecule has 1 amide bonds. The van der Waals surface area contributed by atoms with Crippen LogP contribution in [-0.2, 0) is 4.79 Å². The number of hydrogen-bond acceptors (Lipinski definition) is 5. The number of furan rings is 1. The quantitative estimate of drug-likeness (QED) is 0.354. The van der Waals surface area contributed by atoms with Crippen LogP contribution in [0.1, 0.15) is 5.76 Å². The Kier molecular flexibility index (Phi) is 5.31. The SMILES string of the molecule is O=C(/C=C/c1ccco1)NCCNc1ccccc1[N+](=O)[O-]. The third-order valence-electron chi connectivity index (χ3n) is 2.78. The molecule has 1 aromatic carbocycles. The second-order valence-electron chi connectivity index (χ2n) is 4.34. The largest absolute Gasteiger partial charge is 0.465 e. The van der Waals surface area contributed by atoms with Gasteiger partial charge in [-0.1, -0.05) is 12.1 Å². The number of nitro benzene ring substituents is 1. The van der Waals surface area contributed by atoms with Gasteiger partial charge < -0.3 is 15.1 Å². The molecule has 0 aliphatic rings. The van der Waals surface area contributed by atoms with E-state index in [-0.39, 0.29) is 11.6 Å². The Morgan fingerprint density at radius 1 is 1.23 bits per heavy atom. The molecule has 0 radical (unpaired) electrons. The van der Waals surface area contributed by atoms with Crippen molar-refractivity contribution in [3.05, 3.63) is 64.6 Å². The third kappa shape index (κ3) is 4.48. The van der Waals surface area contributed by atoms with Crippen molar-refractivity contribution in [2.24, 2.45) is 0 Å². The Bertz CT molecular complexity index is 665. The summed E-state index contributed by atoms with van der Waals surface area (Å²) >= 11 is 0. The Morgan fingerprint density at radius 2 is 2.05 bits per heavy atom. The van der Waals surface area contributed by atoms with Crippen molar-refractivity contribution in [3.63, 3.8) is 0 Å². The van der Waals surface area contributed by atoms with Crippen LogP contribution in [0.2, 0.25) is 0 Å². The van der Waals surface area contributed by atoms with Gasteiger partial charge in [-0.05, 0) is 24.3 Å². The van der Waals surface area contributed by atoms with E-state index in [4.69, 9.17) is 4.42 Å². The molecular weight excluding hydrogens is 286 g/mol. The molecule has 22 heavy (non-hydrogen) atoms.